The van der Waals surface area contributed by atoms with Crippen molar-refractivity contribution >= 4 is 45.0 Å². The third kappa shape index (κ3) is 3.15. The largest absolute Gasteiger partial charge is 0.349 e. The molecule has 1 amide bonds. The van der Waals surface area contributed by atoms with E-state index in [-0.39, 0.29) is 17.9 Å². The second-order valence-corrected chi connectivity index (χ2v) is 6.76. The lowest BCUT2D eigenvalue weighted by molar-refractivity contribution is -0.123. The first-order chi connectivity index (χ1) is 7.90. The van der Waals surface area contributed by atoms with Gasteiger partial charge in [-0.05, 0) is 31.0 Å². The first kappa shape index (κ1) is 13.2. The molecular formula is C12H12BrCl2NO. The Labute approximate surface area is 119 Å². The third-order valence-corrected chi connectivity index (χ3v) is 4.24. The number of nitrogens with one attached hydrogen (secondary N) is 1. The summed E-state index contributed by atoms with van der Waals surface area (Å²) in [6, 6.07) is 7.79. The minimum atomic E-state index is -0.858. The molecule has 1 aliphatic carbocycles. The van der Waals surface area contributed by atoms with E-state index < -0.39 is 4.33 Å². The second kappa shape index (κ2) is 4.79. The zero-order chi connectivity index (χ0) is 12.6. The maximum Gasteiger partial charge on any atom is 0.226 e. The van der Waals surface area contributed by atoms with Gasteiger partial charge in [-0.25, -0.2) is 0 Å². The lowest BCUT2D eigenvalue weighted by atomic mass is 10.1. The van der Waals surface area contributed by atoms with E-state index in [0.29, 0.717) is 6.42 Å². The van der Waals surface area contributed by atoms with Crippen LogP contribution < -0.4 is 5.32 Å². The summed E-state index contributed by atoms with van der Waals surface area (Å²) in [7, 11) is 0. The van der Waals surface area contributed by atoms with Gasteiger partial charge in [0.05, 0.1) is 12.0 Å². The van der Waals surface area contributed by atoms with Gasteiger partial charge < -0.3 is 5.32 Å². The molecule has 0 bridgehead atoms. The number of halogens is 3. The number of rotatable bonds is 3. The molecule has 2 unspecified atom stereocenters. The van der Waals surface area contributed by atoms with Crippen LogP contribution in [0, 0.1) is 5.92 Å². The Kier molecular flexibility index (Phi) is 3.71. The molecule has 1 fully saturated rings. The number of carbonyl (C=O) groups is 1. The van der Waals surface area contributed by atoms with Crippen LogP contribution in [0.5, 0.6) is 0 Å². The van der Waals surface area contributed by atoms with E-state index in [1.807, 2.05) is 31.2 Å². The van der Waals surface area contributed by atoms with Crippen LogP contribution >= 0.6 is 39.1 Å². The number of hydrogen-bond acceptors (Lipinski definition) is 1. The minimum Gasteiger partial charge on any atom is -0.349 e. The predicted octanol–water partition coefficient (Wildman–Crippen LogP) is 3.82. The molecule has 0 spiro atoms. The molecule has 2 atom stereocenters. The fourth-order valence-electron chi connectivity index (χ4n) is 1.65. The molecular weight excluding hydrogens is 325 g/mol. The van der Waals surface area contributed by atoms with Crippen LogP contribution in [0.1, 0.15) is 24.9 Å². The van der Waals surface area contributed by atoms with E-state index in [4.69, 9.17) is 23.2 Å². The lowest BCUT2D eigenvalue weighted by Gasteiger charge is -2.14. The molecule has 2 nitrogen and oxygen atoms in total. The molecule has 1 aromatic carbocycles. The maximum atomic E-state index is 11.8. The van der Waals surface area contributed by atoms with E-state index in [1.165, 1.54) is 0 Å². The molecule has 0 aromatic heterocycles. The molecule has 5 heteroatoms. The van der Waals surface area contributed by atoms with Crippen LogP contribution in [0.3, 0.4) is 0 Å². The summed E-state index contributed by atoms with van der Waals surface area (Å²) in [5.74, 6) is -0.353. The molecule has 0 heterocycles. The Hall–Kier alpha value is -0.250. The molecule has 0 aliphatic heterocycles. The molecule has 0 radical (unpaired) electrons. The van der Waals surface area contributed by atoms with E-state index in [1.54, 1.807) is 0 Å². The molecule has 1 aliphatic rings. The quantitative estimate of drug-likeness (QED) is 0.835. The van der Waals surface area contributed by atoms with E-state index in [0.717, 1.165) is 10.0 Å². The minimum absolute atomic E-state index is 0.0414. The van der Waals surface area contributed by atoms with Gasteiger partial charge in [0.1, 0.15) is 4.33 Å². The van der Waals surface area contributed by atoms with Gasteiger partial charge in [-0.15, -0.1) is 23.2 Å². The summed E-state index contributed by atoms with van der Waals surface area (Å²) in [4.78, 5) is 11.8. The second-order valence-electron chi connectivity index (χ2n) is 4.30. The first-order valence-electron chi connectivity index (χ1n) is 5.34. The molecule has 2 rings (SSSR count). The van der Waals surface area contributed by atoms with Gasteiger partial charge in [-0.1, -0.05) is 28.1 Å². The van der Waals surface area contributed by atoms with Crippen LogP contribution in [0.15, 0.2) is 28.7 Å². The van der Waals surface area contributed by atoms with Crippen molar-refractivity contribution in [2.75, 3.05) is 0 Å². The average molecular weight is 337 g/mol. The summed E-state index contributed by atoms with van der Waals surface area (Å²) < 4.78 is 0.159. The van der Waals surface area contributed by atoms with Crippen LogP contribution in [-0.4, -0.2) is 10.2 Å². The van der Waals surface area contributed by atoms with Crippen molar-refractivity contribution in [3.05, 3.63) is 34.3 Å². The maximum absolute atomic E-state index is 11.8. The molecule has 17 heavy (non-hydrogen) atoms. The Balaban J connectivity index is 1.95. The van der Waals surface area contributed by atoms with E-state index >= 15 is 0 Å². The summed E-state index contributed by atoms with van der Waals surface area (Å²) in [6.45, 7) is 1.94. The lowest BCUT2D eigenvalue weighted by Crippen LogP contribution is -2.29. The highest BCUT2D eigenvalue weighted by Crippen LogP contribution is 2.53. The summed E-state index contributed by atoms with van der Waals surface area (Å²) in [6.07, 6.45) is 0.537. The van der Waals surface area contributed by atoms with Gasteiger partial charge in [0.25, 0.3) is 0 Å². The smallest absolute Gasteiger partial charge is 0.226 e. The van der Waals surface area contributed by atoms with Gasteiger partial charge in [0.15, 0.2) is 0 Å². The molecule has 0 saturated heterocycles. The Bertz CT molecular complexity index is 433. The molecule has 92 valence electrons. The van der Waals surface area contributed by atoms with Crippen molar-refractivity contribution in [3.63, 3.8) is 0 Å². The highest BCUT2D eigenvalue weighted by molar-refractivity contribution is 9.10. The van der Waals surface area contributed by atoms with Crippen LogP contribution in [0.25, 0.3) is 0 Å². The van der Waals surface area contributed by atoms with Gasteiger partial charge in [0.2, 0.25) is 5.91 Å². The monoisotopic (exact) mass is 335 g/mol. The van der Waals surface area contributed by atoms with Crippen molar-refractivity contribution in [2.24, 2.45) is 5.92 Å². The van der Waals surface area contributed by atoms with Crippen LogP contribution in [-0.2, 0) is 4.79 Å². The van der Waals surface area contributed by atoms with Crippen molar-refractivity contribution in [3.8, 4) is 0 Å². The molecule has 1 N–H and O–H groups in total. The van der Waals surface area contributed by atoms with Gasteiger partial charge in [-0.2, -0.15) is 0 Å². The van der Waals surface area contributed by atoms with Crippen molar-refractivity contribution in [2.45, 2.75) is 23.7 Å². The Morgan fingerprint density at radius 2 is 2.00 bits per heavy atom. The fourth-order valence-corrected chi connectivity index (χ4v) is 2.42. The van der Waals surface area contributed by atoms with Gasteiger partial charge in [0, 0.05) is 4.47 Å². The number of amides is 1. The Morgan fingerprint density at radius 1 is 1.47 bits per heavy atom. The zero-order valence-corrected chi connectivity index (χ0v) is 12.3. The van der Waals surface area contributed by atoms with Gasteiger partial charge in [-0.3, -0.25) is 4.79 Å². The van der Waals surface area contributed by atoms with E-state index in [9.17, 15) is 4.79 Å². The number of benzene rings is 1. The summed E-state index contributed by atoms with van der Waals surface area (Å²) in [5.41, 5.74) is 1.05. The van der Waals surface area contributed by atoms with Crippen LogP contribution in [0.2, 0.25) is 0 Å². The number of hydrogen-bond donors (Lipinski definition) is 1. The normalized spacial score (nSPS) is 22.9. The average Bonchev–Trinajstić information content (AvgIpc) is 2.89. The summed E-state index contributed by atoms with van der Waals surface area (Å²) >= 11 is 15.1. The standard InChI is InChI=1S/C12H12BrCl2NO/c1-7(8-2-4-9(13)5-3-8)16-11(17)10-6-12(10,14)15/h2-5,7,10H,6H2,1H3,(H,16,17). The Morgan fingerprint density at radius 3 is 2.47 bits per heavy atom. The fraction of sp³-hybridized carbons (Fsp3) is 0.417. The zero-order valence-electron chi connectivity index (χ0n) is 9.21. The van der Waals surface area contributed by atoms with Crippen molar-refractivity contribution < 1.29 is 4.79 Å². The van der Waals surface area contributed by atoms with Crippen LogP contribution in [0.4, 0.5) is 0 Å². The molecule has 1 saturated carbocycles. The number of alkyl halides is 2. The number of carbonyl (C=O) groups excluding carboxylic acids is 1. The van der Waals surface area contributed by atoms with E-state index in [2.05, 4.69) is 21.2 Å². The van der Waals surface area contributed by atoms with Crippen molar-refractivity contribution in [1.29, 1.82) is 0 Å². The topological polar surface area (TPSA) is 29.1 Å². The highest BCUT2D eigenvalue weighted by atomic mass is 79.9. The highest BCUT2D eigenvalue weighted by Gasteiger charge is 2.56. The summed E-state index contributed by atoms with van der Waals surface area (Å²) in [5, 5.41) is 2.91. The SMILES string of the molecule is CC(NC(=O)C1CC1(Cl)Cl)c1ccc(Br)cc1. The van der Waals surface area contributed by atoms with Crippen molar-refractivity contribution in [1.82, 2.24) is 5.32 Å². The molecule has 1 aromatic rings. The first-order valence-corrected chi connectivity index (χ1v) is 6.89. The van der Waals surface area contributed by atoms with Gasteiger partial charge >= 0.3 is 0 Å². The third-order valence-electron chi connectivity index (χ3n) is 2.87. The predicted molar refractivity (Wildman–Crippen MR) is 73.2 cm³/mol.